The van der Waals surface area contributed by atoms with Gasteiger partial charge in [0.05, 0.1) is 6.20 Å². The van der Waals surface area contributed by atoms with Crippen molar-refractivity contribution in [1.29, 1.82) is 0 Å². The molecule has 1 heterocycles. The van der Waals surface area contributed by atoms with Gasteiger partial charge in [-0.15, -0.1) is 0 Å². The Morgan fingerprint density at radius 3 is 2.83 bits per heavy atom. The highest BCUT2D eigenvalue weighted by atomic mass is 16.5. The Bertz CT molecular complexity index is 270. The van der Waals surface area contributed by atoms with E-state index in [1.807, 2.05) is 0 Å². The van der Waals surface area contributed by atoms with E-state index >= 15 is 0 Å². The molecule has 0 aliphatic heterocycles. The van der Waals surface area contributed by atoms with Crippen molar-refractivity contribution in [2.45, 2.75) is 12.5 Å². The van der Waals surface area contributed by atoms with Gasteiger partial charge in [0.2, 0.25) is 0 Å². The van der Waals surface area contributed by atoms with Crippen LogP contribution in [0.15, 0.2) is 12.4 Å². The smallest absolute Gasteiger partial charge is 0.340 e. The molecule has 5 heteroatoms. The molecule has 0 aliphatic rings. The molecule has 1 rings (SSSR count). The number of aromatic nitrogens is 2. The number of aliphatic carboxylic acids is 1. The van der Waals surface area contributed by atoms with Gasteiger partial charge in [-0.2, -0.15) is 5.10 Å². The Morgan fingerprint density at radius 1 is 1.83 bits per heavy atom. The van der Waals surface area contributed by atoms with Crippen molar-refractivity contribution in [1.82, 2.24) is 10.2 Å². The Morgan fingerprint density at radius 2 is 2.50 bits per heavy atom. The van der Waals surface area contributed by atoms with Gasteiger partial charge in [0, 0.05) is 18.9 Å². The normalized spacial score (nSPS) is 15.5. The van der Waals surface area contributed by atoms with E-state index < -0.39 is 11.6 Å². The van der Waals surface area contributed by atoms with Crippen LogP contribution in [-0.2, 0) is 15.1 Å². The number of carboxylic acids is 1. The molecule has 1 aromatic rings. The third-order valence-corrected chi connectivity index (χ3v) is 1.87. The van der Waals surface area contributed by atoms with E-state index in [1.165, 1.54) is 26.4 Å². The van der Waals surface area contributed by atoms with Gasteiger partial charge >= 0.3 is 5.97 Å². The summed E-state index contributed by atoms with van der Waals surface area (Å²) in [6.07, 6.45) is 2.93. The molecule has 0 aromatic carbocycles. The van der Waals surface area contributed by atoms with E-state index in [4.69, 9.17) is 9.84 Å². The molecular formula is C7H10N2O3. The fraction of sp³-hybridized carbons (Fsp3) is 0.429. The van der Waals surface area contributed by atoms with Gasteiger partial charge in [-0.1, -0.05) is 0 Å². The van der Waals surface area contributed by atoms with Crippen molar-refractivity contribution in [3.63, 3.8) is 0 Å². The highest BCUT2D eigenvalue weighted by Crippen LogP contribution is 2.23. The third kappa shape index (κ3) is 1.18. The predicted molar refractivity (Wildman–Crippen MR) is 40.6 cm³/mol. The lowest BCUT2D eigenvalue weighted by Gasteiger charge is -2.20. The first-order valence-electron chi connectivity index (χ1n) is 3.39. The van der Waals surface area contributed by atoms with Gasteiger partial charge in [-0.05, 0) is 6.92 Å². The minimum absolute atomic E-state index is 0.498. The molecule has 0 bridgehead atoms. The first-order valence-corrected chi connectivity index (χ1v) is 3.39. The Labute approximate surface area is 69.4 Å². The summed E-state index contributed by atoms with van der Waals surface area (Å²) in [5.41, 5.74) is -0.815. The van der Waals surface area contributed by atoms with E-state index in [-0.39, 0.29) is 0 Å². The fourth-order valence-corrected chi connectivity index (χ4v) is 0.840. The van der Waals surface area contributed by atoms with Crippen LogP contribution < -0.4 is 0 Å². The number of nitrogens with zero attached hydrogens (tertiary/aromatic N) is 1. The van der Waals surface area contributed by atoms with Crippen LogP contribution in [0.5, 0.6) is 0 Å². The standard InChI is InChI=1S/C7H10N2O3/c1-7(12-2,6(10)11)5-3-8-9-4-5/h3-4H,1-2H3,(H,8,9)(H,10,11). The Kier molecular flexibility index (Phi) is 2.14. The number of aromatic amines is 1. The summed E-state index contributed by atoms with van der Waals surface area (Å²) in [6.45, 7) is 1.47. The zero-order valence-electron chi connectivity index (χ0n) is 6.87. The molecule has 0 fully saturated rings. The molecule has 1 aromatic heterocycles. The lowest BCUT2D eigenvalue weighted by atomic mass is 10.00. The lowest BCUT2D eigenvalue weighted by Crippen LogP contribution is -2.33. The van der Waals surface area contributed by atoms with Crippen molar-refractivity contribution in [2.75, 3.05) is 7.11 Å². The van der Waals surface area contributed by atoms with Crippen LogP contribution in [0, 0.1) is 0 Å². The average molecular weight is 170 g/mol. The summed E-state index contributed by atoms with van der Waals surface area (Å²) in [7, 11) is 1.35. The van der Waals surface area contributed by atoms with Crippen LogP contribution in [0.1, 0.15) is 12.5 Å². The molecule has 0 amide bonds. The largest absolute Gasteiger partial charge is 0.479 e. The molecule has 0 spiro atoms. The van der Waals surface area contributed by atoms with Crippen LogP contribution >= 0.6 is 0 Å². The number of hydrogen-bond donors (Lipinski definition) is 2. The minimum atomic E-state index is -1.31. The maximum absolute atomic E-state index is 10.8. The fourth-order valence-electron chi connectivity index (χ4n) is 0.840. The van der Waals surface area contributed by atoms with E-state index in [0.717, 1.165) is 0 Å². The first kappa shape index (κ1) is 8.73. The number of H-pyrrole nitrogens is 1. The molecule has 2 N–H and O–H groups in total. The van der Waals surface area contributed by atoms with E-state index in [2.05, 4.69) is 10.2 Å². The molecule has 1 atom stereocenters. The quantitative estimate of drug-likeness (QED) is 0.686. The van der Waals surface area contributed by atoms with Gasteiger partial charge in [0.25, 0.3) is 0 Å². The van der Waals surface area contributed by atoms with Gasteiger partial charge in [0.1, 0.15) is 0 Å². The molecule has 0 saturated carbocycles. The van der Waals surface area contributed by atoms with Crippen LogP contribution in [0.4, 0.5) is 0 Å². The summed E-state index contributed by atoms with van der Waals surface area (Å²) >= 11 is 0. The summed E-state index contributed by atoms with van der Waals surface area (Å²) in [5, 5.41) is 15.0. The number of hydrogen-bond acceptors (Lipinski definition) is 3. The number of methoxy groups -OCH3 is 1. The number of carbonyl (C=O) groups is 1. The number of carboxylic acid groups (broad SMARTS) is 1. The van der Waals surface area contributed by atoms with Gasteiger partial charge < -0.3 is 9.84 Å². The SMILES string of the molecule is COC(C)(C(=O)O)c1cn[nH]c1. The second kappa shape index (κ2) is 2.94. The van der Waals surface area contributed by atoms with Crippen LogP contribution in [0.25, 0.3) is 0 Å². The van der Waals surface area contributed by atoms with E-state index in [9.17, 15) is 4.79 Å². The number of ether oxygens (including phenoxy) is 1. The summed E-state index contributed by atoms with van der Waals surface area (Å²) in [5.74, 6) is -1.04. The van der Waals surface area contributed by atoms with Gasteiger partial charge in [0.15, 0.2) is 5.60 Å². The Hall–Kier alpha value is -1.36. The topological polar surface area (TPSA) is 75.2 Å². The minimum Gasteiger partial charge on any atom is -0.479 e. The molecule has 0 radical (unpaired) electrons. The summed E-state index contributed by atoms with van der Waals surface area (Å²) in [6, 6.07) is 0. The summed E-state index contributed by atoms with van der Waals surface area (Å²) in [4.78, 5) is 10.8. The highest BCUT2D eigenvalue weighted by molar-refractivity contribution is 5.78. The van der Waals surface area contributed by atoms with Crippen molar-refractivity contribution < 1.29 is 14.6 Å². The maximum atomic E-state index is 10.8. The van der Waals surface area contributed by atoms with Crippen molar-refractivity contribution in [2.24, 2.45) is 0 Å². The second-order valence-corrected chi connectivity index (χ2v) is 2.53. The molecular weight excluding hydrogens is 160 g/mol. The summed E-state index contributed by atoms with van der Waals surface area (Å²) < 4.78 is 4.88. The van der Waals surface area contributed by atoms with Gasteiger partial charge in [-0.25, -0.2) is 4.79 Å². The average Bonchev–Trinajstić information content (AvgIpc) is 2.54. The number of nitrogens with one attached hydrogen (secondary N) is 1. The first-order chi connectivity index (χ1) is 5.61. The van der Waals surface area contributed by atoms with E-state index in [0.29, 0.717) is 5.56 Å². The maximum Gasteiger partial charge on any atom is 0.340 e. The van der Waals surface area contributed by atoms with Crippen LogP contribution in [0.2, 0.25) is 0 Å². The van der Waals surface area contributed by atoms with E-state index in [1.54, 1.807) is 0 Å². The van der Waals surface area contributed by atoms with Crippen LogP contribution in [0.3, 0.4) is 0 Å². The predicted octanol–water partition coefficient (Wildman–Crippen LogP) is 0.356. The molecule has 0 saturated heterocycles. The van der Waals surface area contributed by atoms with Gasteiger partial charge in [-0.3, -0.25) is 5.10 Å². The molecule has 12 heavy (non-hydrogen) atoms. The monoisotopic (exact) mass is 170 g/mol. The molecule has 66 valence electrons. The number of rotatable bonds is 3. The van der Waals surface area contributed by atoms with Crippen molar-refractivity contribution >= 4 is 5.97 Å². The molecule has 5 nitrogen and oxygen atoms in total. The highest BCUT2D eigenvalue weighted by Gasteiger charge is 2.35. The second-order valence-electron chi connectivity index (χ2n) is 2.53. The molecule has 0 aliphatic carbocycles. The molecule has 1 unspecified atom stereocenters. The van der Waals surface area contributed by atoms with Crippen molar-refractivity contribution in [3.8, 4) is 0 Å². The van der Waals surface area contributed by atoms with Crippen molar-refractivity contribution in [3.05, 3.63) is 18.0 Å². The lowest BCUT2D eigenvalue weighted by molar-refractivity contribution is -0.161. The Balaban J connectivity index is 3.04. The van der Waals surface area contributed by atoms with Crippen LogP contribution in [-0.4, -0.2) is 28.4 Å². The third-order valence-electron chi connectivity index (χ3n) is 1.87. The zero-order valence-corrected chi connectivity index (χ0v) is 6.87. The zero-order chi connectivity index (χ0) is 9.19.